The fourth-order valence-electron chi connectivity index (χ4n) is 3.05. The quantitative estimate of drug-likeness (QED) is 0.639. The Kier molecular flexibility index (Phi) is 5.88. The van der Waals surface area contributed by atoms with Crippen LogP contribution in [0.15, 0.2) is 39.5 Å². The van der Waals surface area contributed by atoms with Crippen molar-refractivity contribution in [2.24, 2.45) is 0 Å². The lowest BCUT2D eigenvalue weighted by molar-refractivity contribution is -0.149. The smallest absolute Gasteiger partial charge is 0.306 e. The highest BCUT2D eigenvalue weighted by Crippen LogP contribution is 2.23. The second-order valence-electron chi connectivity index (χ2n) is 6.61. The largest absolute Gasteiger partial charge is 0.453 e. The van der Waals surface area contributed by atoms with Crippen molar-refractivity contribution in [3.8, 4) is 17.5 Å². The lowest BCUT2D eigenvalue weighted by Crippen LogP contribution is -2.17. The predicted molar refractivity (Wildman–Crippen MR) is 104 cm³/mol. The number of aryl methyl sites for hydroxylation is 1. The summed E-state index contributed by atoms with van der Waals surface area (Å²) >= 11 is 0. The number of esters is 1. The van der Waals surface area contributed by atoms with Gasteiger partial charge in [-0.1, -0.05) is 18.2 Å². The molecule has 0 spiro atoms. The highest BCUT2D eigenvalue weighted by molar-refractivity contribution is 5.70. The van der Waals surface area contributed by atoms with E-state index in [-0.39, 0.29) is 17.9 Å². The summed E-state index contributed by atoms with van der Waals surface area (Å²) < 4.78 is 11.0. The van der Waals surface area contributed by atoms with E-state index in [1.165, 1.54) is 0 Å². The van der Waals surface area contributed by atoms with E-state index in [2.05, 4.69) is 15.2 Å². The summed E-state index contributed by atoms with van der Waals surface area (Å²) in [5, 5.41) is 17.1. The Morgan fingerprint density at radius 2 is 2.00 bits per heavy atom. The van der Waals surface area contributed by atoms with Gasteiger partial charge in [-0.2, -0.15) is 5.26 Å². The summed E-state index contributed by atoms with van der Waals surface area (Å²) in [5.41, 5.74) is 2.40. The minimum atomic E-state index is -0.695. The summed E-state index contributed by atoms with van der Waals surface area (Å²) in [6, 6.07) is 11.2. The molecule has 0 saturated carbocycles. The van der Waals surface area contributed by atoms with Crippen LogP contribution in [0.2, 0.25) is 0 Å². The number of nitrogens with one attached hydrogen (secondary N) is 1. The second kappa shape index (κ2) is 8.52. The maximum atomic E-state index is 12.3. The number of aromatic amines is 1. The molecule has 1 atom stereocenters. The fourth-order valence-corrected chi connectivity index (χ4v) is 3.05. The highest BCUT2D eigenvalue weighted by atomic mass is 16.6. The first-order valence-corrected chi connectivity index (χ1v) is 9.11. The third-order valence-electron chi connectivity index (χ3n) is 4.62. The third-order valence-corrected chi connectivity index (χ3v) is 4.62. The lowest BCUT2D eigenvalue weighted by Gasteiger charge is -2.12. The van der Waals surface area contributed by atoms with Gasteiger partial charge < -0.3 is 14.1 Å². The van der Waals surface area contributed by atoms with Crippen molar-refractivity contribution in [3.05, 3.63) is 69.0 Å². The summed E-state index contributed by atoms with van der Waals surface area (Å²) in [4.78, 5) is 26.7. The van der Waals surface area contributed by atoms with Crippen LogP contribution < -0.4 is 5.56 Å². The number of nitriles is 1. The van der Waals surface area contributed by atoms with Crippen LogP contribution in [0.3, 0.4) is 0 Å². The Balaban J connectivity index is 1.64. The maximum absolute atomic E-state index is 12.3. The number of rotatable bonds is 6. The molecular weight excluding hydrogens is 372 g/mol. The van der Waals surface area contributed by atoms with Crippen molar-refractivity contribution in [1.82, 2.24) is 15.2 Å². The number of H-pyrrole nitrogens is 1. The van der Waals surface area contributed by atoms with Crippen molar-refractivity contribution >= 4 is 5.97 Å². The Hall–Kier alpha value is -3.73. The Morgan fingerprint density at radius 3 is 2.69 bits per heavy atom. The Bertz CT molecular complexity index is 1130. The molecular formula is C21H20N4O4. The number of ether oxygens (including phenoxy) is 1. The van der Waals surface area contributed by atoms with E-state index in [4.69, 9.17) is 14.4 Å². The number of hydrogen-bond acceptors (Lipinski definition) is 7. The van der Waals surface area contributed by atoms with E-state index >= 15 is 0 Å². The van der Waals surface area contributed by atoms with Crippen LogP contribution in [0.5, 0.6) is 0 Å². The summed E-state index contributed by atoms with van der Waals surface area (Å²) in [6.07, 6.45) is -0.268. The predicted octanol–water partition coefficient (Wildman–Crippen LogP) is 3.15. The summed E-state index contributed by atoms with van der Waals surface area (Å²) in [6.45, 7) is 5.10. The average molecular weight is 392 g/mol. The molecule has 148 valence electrons. The molecule has 8 heteroatoms. The van der Waals surface area contributed by atoms with Crippen molar-refractivity contribution < 1.29 is 13.9 Å². The highest BCUT2D eigenvalue weighted by Gasteiger charge is 2.20. The van der Waals surface area contributed by atoms with Crippen LogP contribution in [0.4, 0.5) is 0 Å². The summed E-state index contributed by atoms with van der Waals surface area (Å²) in [7, 11) is 0. The zero-order chi connectivity index (χ0) is 21.0. The monoisotopic (exact) mass is 392 g/mol. The molecule has 0 aliphatic heterocycles. The molecule has 29 heavy (non-hydrogen) atoms. The van der Waals surface area contributed by atoms with Crippen LogP contribution >= 0.6 is 0 Å². The lowest BCUT2D eigenvalue weighted by atomic mass is 9.99. The molecule has 0 radical (unpaired) electrons. The van der Waals surface area contributed by atoms with Gasteiger partial charge in [0.25, 0.3) is 11.4 Å². The molecule has 0 aliphatic carbocycles. The van der Waals surface area contributed by atoms with Crippen molar-refractivity contribution in [2.45, 2.75) is 39.7 Å². The first-order valence-electron chi connectivity index (χ1n) is 9.11. The first kappa shape index (κ1) is 20.0. The number of carbonyl (C=O) groups is 1. The number of aromatic nitrogens is 3. The van der Waals surface area contributed by atoms with Gasteiger partial charge in [0.15, 0.2) is 6.10 Å². The molecule has 0 saturated heterocycles. The molecule has 0 bridgehead atoms. The molecule has 2 aromatic heterocycles. The molecule has 2 heterocycles. The van der Waals surface area contributed by atoms with Crippen LogP contribution in [-0.2, 0) is 16.0 Å². The number of nitrogens with zero attached hydrogens (tertiary/aromatic N) is 3. The fraction of sp³-hybridized carbons (Fsp3) is 0.286. The third kappa shape index (κ3) is 4.41. The number of pyridine rings is 1. The van der Waals surface area contributed by atoms with Crippen LogP contribution in [-0.4, -0.2) is 21.2 Å². The van der Waals surface area contributed by atoms with Crippen LogP contribution in [0, 0.1) is 25.2 Å². The first-order chi connectivity index (χ1) is 13.9. The van der Waals surface area contributed by atoms with Gasteiger partial charge in [-0.25, -0.2) is 0 Å². The Labute approximate surface area is 167 Å². The molecule has 0 amide bonds. The van der Waals surface area contributed by atoms with Gasteiger partial charge in [0, 0.05) is 17.7 Å². The molecule has 1 N–H and O–H groups in total. The molecule has 1 aromatic carbocycles. The molecule has 0 unspecified atom stereocenters. The Morgan fingerprint density at radius 1 is 1.28 bits per heavy atom. The van der Waals surface area contributed by atoms with Gasteiger partial charge in [0.1, 0.15) is 11.6 Å². The molecule has 3 rings (SSSR count). The standard InChI is InChI=1S/C21H20N4O4/c1-12-16(13(2)23-19(27)17(12)11-22)9-10-18(26)28-14(3)20-24-25-21(29-20)15-7-5-4-6-8-15/h4-8,14H,9-10H2,1-3H3,(H,23,27)/t14-/m1/s1. The van der Waals surface area contributed by atoms with Gasteiger partial charge >= 0.3 is 5.97 Å². The summed E-state index contributed by atoms with van der Waals surface area (Å²) in [5.74, 6) is 0.118. The topological polar surface area (TPSA) is 122 Å². The second-order valence-corrected chi connectivity index (χ2v) is 6.61. The maximum Gasteiger partial charge on any atom is 0.306 e. The molecule has 0 aliphatic rings. The van der Waals surface area contributed by atoms with E-state index in [0.29, 0.717) is 23.6 Å². The van der Waals surface area contributed by atoms with Crippen molar-refractivity contribution in [1.29, 1.82) is 5.26 Å². The van der Waals surface area contributed by atoms with E-state index < -0.39 is 17.6 Å². The van der Waals surface area contributed by atoms with Gasteiger partial charge in [-0.05, 0) is 50.5 Å². The van der Waals surface area contributed by atoms with E-state index in [0.717, 1.165) is 11.1 Å². The minimum absolute atomic E-state index is 0.0617. The van der Waals surface area contributed by atoms with E-state index in [1.807, 2.05) is 36.4 Å². The average Bonchev–Trinajstić information content (AvgIpc) is 3.19. The molecule has 8 nitrogen and oxygen atoms in total. The zero-order valence-corrected chi connectivity index (χ0v) is 16.4. The number of carbonyl (C=O) groups excluding carboxylic acids is 1. The van der Waals surface area contributed by atoms with Crippen molar-refractivity contribution in [2.75, 3.05) is 0 Å². The van der Waals surface area contributed by atoms with E-state index in [1.54, 1.807) is 20.8 Å². The van der Waals surface area contributed by atoms with Gasteiger partial charge in [0.05, 0.1) is 0 Å². The molecule has 3 aromatic rings. The van der Waals surface area contributed by atoms with Crippen LogP contribution in [0.1, 0.15) is 47.7 Å². The van der Waals surface area contributed by atoms with Gasteiger partial charge in [0.2, 0.25) is 5.89 Å². The van der Waals surface area contributed by atoms with Gasteiger partial charge in [-0.3, -0.25) is 9.59 Å². The number of benzene rings is 1. The minimum Gasteiger partial charge on any atom is -0.453 e. The van der Waals surface area contributed by atoms with Crippen LogP contribution in [0.25, 0.3) is 11.5 Å². The zero-order valence-electron chi connectivity index (χ0n) is 16.4. The molecule has 0 fully saturated rings. The van der Waals surface area contributed by atoms with E-state index in [9.17, 15) is 9.59 Å². The number of hydrogen-bond donors (Lipinski definition) is 1. The van der Waals surface area contributed by atoms with Crippen molar-refractivity contribution in [3.63, 3.8) is 0 Å². The van der Waals surface area contributed by atoms with Gasteiger partial charge in [-0.15, -0.1) is 10.2 Å². The normalized spacial score (nSPS) is 11.7. The SMILES string of the molecule is Cc1[nH]c(=O)c(C#N)c(C)c1CCC(=O)O[C@H](C)c1nnc(-c2ccccc2)o1.